The number of hydrazine groups is 1. The lowest BCUT2D eigenvalue weighted by molar-refractivity contribution is -0.121. The molecule has 0 atom stereocenters. The van der Waals surface area contributed by atoms with E-state index in [2.05, 4.69) is 17.8 Å². The molecule has 0 aliphatic rings. The standard InChI is InChI=1S/C19H22N2O3/c1-3-14-4-9-16(10-5-14)19(23)21-20-18(22)13-8-15-6-11-17(24-2)12-7-15/h4-7,9-12H,3,8,13H2,1-2H3,(H,20,22)(H,21,23). The summed E-state index contributed by atoms with van der Waals surface area (Å²) in [4.78, 5) is 23.8. The molecule has 0 fully saturated rings. The first kappa shape index (κ1) is 17.5. The van der Waals surface area contributed by atoms with Crippen molar-refractivity contribution >= 4 is 11.8 Å². The summed E-state index contributed by atoms with van der Waals surface area (Å²) < 4.78 is 5.09. The summed E-state index contributed by atoms with van der Waals surface area (Å²) in [5.41, 5.74) is 7.58. The third-order valence-corrected chi connectivity index (χ3v) is 3.74. The largest absolute Gasteiger partial charge is 0.497 e. The minimum absolute atomic E-state index is 0.232. The lowest BCUT2D eigenvalue weighted by Gasteiger charge is -2.08. The van der Waals surface area contributed by atoms with Crippen molar-refractivity contribution in [3.8, 4) is 5.75 Å². The summed E-state index contributed by atoms with van der Waals surface area (Å²) in [6.07, 6.45) is 1.81. The first-order valence-corrected chi connectivity index (χ1v) is 7.93. The summed E-state index contributed by atoms with van der Waals surface area (Å²) in [7, 11) is 1.61. The third-order valence-electron chi connectivity index (χ3n) is 3.74. The minimum Gasteiger partial charge on any atom is -0.497 e. The predicted octanol–water partition coefficient (Wildman–Crippen LogP) is 2.65. The molecule has 126 valence electrons. The summed E-state index contributed by atoms with van der Waals surface area (Å²) in [5.74, 6) is 0.226. The highest BCUT2D eigenvalue weighted by atomic mass is 16.5. The van der Waals surface area contributed by atoms with Crippen molar-refractivity contribution in [2.75, 3.05) is 7.11 Å². The SMILES string of the molecule is CCc1ccc(C(=O)NNC(=O)CCc2ccc(OC)cc2)cc1. The molecule has 2 N–H and O–H groups in total. The number of amides is 2. The Labute approximate surface area is 142 Å². The number of carbonyl (C=O) groups excluding carboxylic acids is 2. The molecule has 0 aliphatic carbocycles. The van der Waals surface area contributed by atoms with Crippen LogP contribution in [-0.4, -0.2) is 18.9 Å². The second-order valence-electron chi connectivity index (χ2n) is 5.40. The molecule has 2 amide bonds. The summed E-state index contributed by atoms with van der Waals surface area (Å²) in [6, 6.07) is 14.8. The lowest BCUT2D eigenvalue weighted by atomic mass is 10.1. The highest BCUT2D eigenvalue weighted by Gasteiger charge is 2.07. The molecule has 0 saturated heterocycles. The fourth-order valence-electron chi connectivity index (χ4n) is 2.20. The Morgan fingerprint density at radius 3 is 2.12 bits per heavy atom. The van der Waals surface area contributed by atoms with Crippen molar-refractivity contribution in [3.63, 3.8) is 0 Å². The average Bonchev–Trinajstić information content (AvgIpc) is 2.64. The lowest BCUT2D eigenvalue weighted by Crippen LogP contribution is -2.41. The van der Waals surface area contributed by atoms with Crippen LogP contribution in [0.15, 0.2) is 48.5 Å². The van der Waals surface area contributed by atoms with Gasteiger partial charge in [0.1, 0.15) is 5.75 Å². The fourth-order valence-corrected chi connectivity index (χ4v) is 2.20. The quantitative estimate of drug-likeness (QED) is 0.802. The van der Waals surface area contributed by atoms with Crippen molar-refractivity contribution < 1.29 is 14.3 Å². The van der Waals surface area contributed by atoms with Crippen molar-refractivity contribution in [1.29, 1.82) is 0 Å². The van der Waals surface area contributed by atoms with Crippen LogP contribution >= 0.6 is 0 Å². The van der Waals surface area contributed by atoms with E-state index in [0.29, 0.717) is 18.4 Å². The molecule has 24 heavy (non-hydrogen) atoms. The molecule has 0 bridgehead atoms. The predicted molar refractivity (Wildman–Crippen MR) is 92.7 cm³/mol. The molecule has 0 aliphatic heterocycles. The highest BCUT2D eigenvalue weighted by molar-refractivity contribution is 5.95. The second-order valence-corrected chi connectivity index (χ2v) is 5.40. The van der Waals surface area contributed by atoms with Gasteiger partial charge in [-0.25, -0.2) is 0 Å². The van der Waals surface area contributed by atoms with Gasteiger partial charge in [-0.2, -0.15) is 0 Å². The number of nitrogens with one attached hydrogen (secondary N) is 2. The van der Waals surface area contributed by atoms with Gasteiger partial charge in [0.15, 0.2) is 0 Å². The van der Waals surface area contributed by atoms with Crippen LogP contribution < -0.4 is 15.6 Å². The zero-order valence-electron chi connectivity index (χ0n) is 14.0. The molecular weight excluding hydrogens is 304 g/mol. The zero-order chi connectivity index (χ0) is 17.4. The van der Waals surface area contributed by atoms with Crippen LogP contribution in [0.3, 0.4) is 0 Å². The van der Waals surface area contributed by atoms with E-state index < -0.39 is 0 Å². The van der Waals surface area contributed by atoms with Gasteiger partial charge < -0.3 is 4.74 Å². The zero-order valence-corrected chi connectivity index (χ0v) is 14.0. The van der Waals surface area contributed by atoms with Gasteiger partial charge >= 0.3 is 0 Å². The van der Waals surface area contributed by atoms with Gasteiger partial charge in [0.2, 0.25) is 5.91 Å². The molecule has 2 rings (SSSR count). The molecule has 5 nitrogen and oxygen atoms in total. The first-order chi connectivity index (χ1) is 11.6. The van der Waals surface area contributed by atoms with E-state index in [-0.39, 0.29) is 11.8 Å². The Morgan fingerprint density at radius 2 is 1.54 bits per heavy atom. The monoisotopic (exact) mass is 326 g/mol. The molecule has 5 heteroatoms. The van der Waals surface area contributed by atoms with Crippen LogP contribution in [0.25, 0.3) is 0 Å². The van der Waals surface area contributed by atoms with Gasteiger partial charge in [-0.15, -0.1) is 0 Å². The molecular formula is C19H22N2O3. The molecule has 0 saturated carbocycles. The maximum atomic E-state index is 12.0. The van der Waals surface area contributed by atoms with E-state index in [1.807, 2.05) is 36.4 Å². The van der Waals surface area contributed by atoms with Crippen LogP contribution in [-0.2, 0) is 17.6 Å². The number of hydrogen-bond acceptors (Lipinski definition) is 3. The van der Waals surface area contributed by atoms with Gasteiger partial charge in [-0.05, 0) is 48.2 Å². The van der Waals surface area contributed by atoms with Crippen LogP contribution in [0.4, 0.5) is 0 Å². The number of carbonyl (C=O) groups is 2. The number of aryl methyl sites for hydroxylation is 2. The summed E-state index contributed by atoms with van der Waals surface area (Å²) in [6.45, 7) is 2.05. The van der Waals surface area contributed by atoms with Crippen molar-refractivity contribution in [1.82, 2.24) is 10.9 Å². The maximum Gasteiger partial charge on any atom is 0.269 e. The average molecular weight is 326 g/mol. The summed E-state index contributed by atoms with van der Waals surface area (Å²) in [5, 5.41) is 0. The van der Waals surface area contributed by atoms with Gasteiger partial charge in [-0.1, -0.05) is 31.2 Å². The van der Waals surface area contributed by atoms with E-state index in [1.165, 1.54) is 0 Å². The van der Waals surface area contributed by atoms with Gasteiger partial charge in [-0.3, -0.25) is 20.4 Å². The van der Waals surface area contributed by atoms with E-state index in [1.54, 1.807) is 19.2 Å². The van der Waals surface area contributed by atoms with Crippen LogP contribution in [0, 0.1) is 0 Å². The third kappa shape index (κ3) is 5.12. The minimum atomic E-state index is -0.324. The first-order valence-electron chi connectivity index (χ1n) is 7.93. The van der Waals surface area contributed by atoms with Crippen molar-refractivity contribution in [2.45, 2.75) is 26.2 Å². The Kier molecular flexibility index (Phi) is 6.37. The second kappa shape index (κ2) is 8.72. The fraction of sp³-hybridized carbons (Fsp3) is 0.263. The molecule has 2 aromatic carbocycles. The van der Waals surface area contributed by atoms with Crippen LogP contribution in [0.2, 0.25) is 0 Å². The number of ether oxygens (including phenoxy) is 1. The number of rotatable bonds is 6. The molecule has 0 unspecified atom stereocenters. The molecule has 2 aromatic rings. The van der Waals surface area contributed by atoms with E-state index in [4.69, 9.17) is 4.74 Å². The molecule has 0 heterocycles. The molecule has 0 radical (unpaired) electrons. The summed E-state index contributed by atoms with van der Waals surface area (Å²) >= 11 is 0. The van der Waals surface area contributed by atoms with Gasteiger partial charge in [0, 0.05) is 12.0 Å². The maximum absolute atomic E-state index is 12.0. The number of hydrogen-bond donors (Lipinski definition) is 2. The van der Waals surface area contributed by atoms with Gasteiger partial charge in [0.25, 0.3) is 5.91 Å². The number of benzene rings is 2. The Balaban J connectivity index is 1.76. The van der Waals surface area contributed by atoms with E-state index in [0.717, 1.165) is 23.3 Å². The highest BCUT2D eigenvalue weighted by Crippen LogP contribution is 2.12. The van der Waals surface area contributed by atoms with Gasteiger partial charge in [0.05, 0.1) is 7.11 Å². The van der Waals surface area contributed by atoms with Crippen molar-refractivity contribution in [2.24, 2.45) is 0 Å². The Morgan fingerprint density at radius 1 is 0.917 bits per heavy atom. The van der Waals surface area contributed by atoms with Crippen LogP contribution in [0.1, 0.15) is 34.8 Å². The Bertz CT molecular complexity index is 679. The van der Waals surface area contributed by atoms with E-state index >= 15 is 0 Å². The smallest absolute Gasteiger partial charge is 0.269 e. The normalized spacial score (nSPS) is 10.1. The van der Waals surface area contributed by atoms with Crippen molar-refractivity contribution in [3.05, 3.63) is 65.2 Å². The van der Waals surface area contributed by atoms with E-state index in [9.17, 15) is 9.59 Å². The topological polar surface area (TPSA) is 67.4 Å². The molecule has 0 spiro atoms. The Hall–Kier alpha value is -2.82. The molecule has 0 aromatic heterocycles. The van der Waals surface area contributed by atoms with Crippen LogP contribution in [0.5, 0.6) is 5.75 Å². The number of methoxy groups -OCH3 is 1.